The molecule has 2 aromatic heterocycles. The number of Topliss-reactive ketones (excluding diaryl/α,β-unsaturated/α-hetero) is 1. The SMILES string of the molecule is COC(=O)[C@@H]1CC(=O)c2c([nH]c(-c3ccncc3F)c2Nc2ccccc2)C1. The van der Waals surface area contributed by atoms with Crippen LogP contribution in [0.2, 0.25) is 0 Å². The van der Waals surface area contributed by atoms with Gasteiger partial charge in [0.05, 0.1) is 36.2 Å². The predicted molar refractivity (Wildman–Crippen MR) is 102 cm³/mol. The van der Waals surface area contributed by atoms with Gasteiger partial charge < -0.3 is 15.0 Å². The molecular formula is C21H18FN3O3. The van der Waals surface area contributed by atoms with Crippen LogP contribution in [0, 0.1) is 11.7 Å². The van der Waals surface area contributed by atoms with Crippen LogP contribution in [0.5, 0.6) is 0 Å². The molecule has 0 fully saturated rings. The molecule has 1 aliphatic carbocycles. The third kappa shape index (κ3) is 3.15. The molecule has 28 heavy (non-hydrogen) atoms. The lowest BCUT2D eigenvalue weighted by Crippen LogP contribution is -2.27. The van der Waals surface area contributed by atoms with Crippen LogP contribution in [0.3, 0.4) is 0 Å². The average Bonchev–Trinajstić information content (AvgIpc) is 3.07. The largest absolute Gasteiger partial charge is 0.469 e. The zero-order valence-electron chi connectivity index (χ0n) is 15.2. The maximum atomic E-state index is 14.4. The molecule has 0 amide bonds. The first-order valence-corrected chi connectivity index (χ1v) is 8.86. The number of H-pyrrole nitrogens is 1. The molecule has 0 aliphatic heterocycles. The fourth-order valence-electron chi connectivity index (χ4n) is 3.56. The zero-order valence-corrected chi connectivity index (χ0v) is 15.2. The Hall–Kier alpha value is -3.48. The first-order valence-electron chi connectivity index (χ1n) is 8.86. The second-order valence-corrected chi connectivity index (χ2v) is 6.63. The normalized spacial score (nSPS) is 15.8. The Morgan fingerprint density at radius 3 is 2.75 bits per heavy atom. The smallest absolute Gasteiger partial charge is 0.309 e. The Balaban J connectivity index is 1.86. The molecule has 7 heteroatoms. The van der Waals surface area contributed by atoms with E-state index in [1.165, 1.54) is 13.3 Å². The van der Waals surface area contributed by atoms with Gasteiger partial charge in [0.1, 0.15) is 0 Å². The number of rotatable bonds is 4. The zero-order chi connectivity index (χ0) is 19.7. The number of esters is 1. The number of anilines is 2. The summed E-state index contributed by atoms with van der Waals surface area (Å²) in [4.78, 5) is 31.8. The van der Waals surface area contributed by atoms with Gasteiger partial charge in [0.15, 0.2) is 11.6 Å². The molecule has 2 heterocycles. The number of methoxy groups -OCH3 is 1. The van der Waals surface area contributed by atoms with Gasteiger partial charge in [-0.25, -0.2) is 4.39 Å². The van der Waals surface area contributed by atoms with E-state index in [2.05, 4.69) is 15.3 Å². The fraction of sp³-hybridized carbons (Fsp3) is 0.190. The highest BCUT2D eigenvalue weighted by atomic mass is 19.1. The van der Waals surface area contributed by atoms with E-state index < -0.39 is 17.7 Å². The minimum atomic E-state index is -0.552. The molecular weight excluding hydrogens is 361 g/mol. The first kappa shape index (κ1) is 17.9. The van der Waals surface area contributed by atoms with Crippen LogP contribution in [0.4, 0.5) is 15.8 Å². The predicted octanol–water partition coefficient (Wildman–Crippen LogP) is 3.88. The number of nitrogens with zero attached hydrogens (tertiary/aromatic N) is 1. The van der Waals surface area contributed by atoms with Gasteiger partial charge in [0, 0.05) is 36.0 Å². The Labute approximate surface area is 160 Å². The van der Waals surface area contributed by atoms with Crippen molar-refractivity contribution in [1.82, 2.24) is 9.97 Å². The summed E-state index contributed by atoms with van der Waals surface area (Å²) in [5, 5.41) is 3.24. The molecule has 0 unspecified atom stereocenters. The van der Waals surface area contributed by atoms with Crippen molar-refractivity contribution in [1.29, 1.82) is 0 Å². The van der Waals surface area contributed by atoms with E-state index >= 15 is 0 Å². The summed E-state index contributed by atoms with van der Waals surface area (Å²) >= 11 is 0. The van der Waals surface area contributed by atoms with Crippen molar-refractivity contribution < 1.29 is 18.7 Å². The molecule has 6 nitrogen and oxygen atoms in total. The van der Waals surface area contributed by atoms with Gasteiger partial charge in [-0.15, -0.1) is 0 Å². The maximum absolute atomic E-state index is 14.4. The Morgan fingerprint density at radius 1 is 1.25 bits per heavy atom. The van der Waals surface area contributed by atoms with Crippen LogP contribution in [0.25, 0.3) is 11.3 Å². The molecule has 0 radical (unpaired) electrons. The van der Waals surface area contributed by atoms with Crippen LogP contribution < -0.4 is 5.32 Å². The third-order valence-electron chi connectivity index (χ3n) is 4.86. The van der Waals surface area contributed by atoms with Gasteiger partial charge in [-0.3, -0.25) is 14.6 Å². The molecule has 1 aromatic carbocycles. The highest BCUT2D eigenvalue weighted by Crippen LogP contribution is 2.40. The monoisotopic (exact) mass is 379 g/mol. The number of aromatic nitrogens is 2. The topological polar surface area (TPSA) is 84.1 Å². The summed E-state index contributed by atoms with van der Waals surface area (Å²) in [6.45, 7) is 0. The molecule has 0 saturated carbocycles. The van der Waals surface area contributed by atoms with E-state index in [9.17, 15) is 14.0 Å². The number of pyridine rings is 1. The first-order chi connectivity index (χ1) is 13.6. The Morgan fingerprint density at radius 2 is 2.04 bits per heavy atom. The number of hydrogen-bond acceptors (Lipinski definition) is 5. The van der Waals surface area contributed by atoms with Crippen LogP contribution in [-0.4, -0.2) is 28.8 Å². The summed E-state index contributed by atoms with van der Waals surface area (Å²) < 4.78 is 19.2. The van der Waals surface area contributed by atoms with Gasteiger partial charge in [-0.2, -0.15) is 0 Å². The number of hydrogen-bond donors (Lipinski definition) is 2. The van der Waals surface area contributed by atoms with E-state index in [4.69, 9.17) is 4.74 Å². The van der Waals surface area contributed by atoms with Gasteiger partial charge in [-0.1, -0.05) is 18.2 Å². The molecule has 0 spiro atoms. The summed E-state index contributed by atoms with van der Waals surface area (Å²) in [5.41, 5.74) is 3.06. The van der Waals surface area contributed by atoms with Crippen molar-refractivity contribution in [2.24, 2.45) is 5.92 Å². The van der Waals surface area contributed by atoms with Crippen LogP contribution in [0.1, 0.15) is 22.5 Å². The summed E-state index contributed by atoms with van der Waals surface area (Å²) in [6.07, 6.45) is 2.99. The number of para-hydroxylation sites is 1. The molecule has 2 N–H and O–H groups in total. The average molecular weight is 379 g/mol. The number of nitrogens with one attached hydrogen (secondary N) is 2. The van der Waals surface area contributed by atoms with Crippen molar-refractivity contribution in [3.05, 3.63) is 65.9 Å². The number of fused-ring (bicyclic) bond motifs is 1. The number of carbonyl (C=O) groups is 2. The van der Waals surface area contributed by atoms with Crippen molar-refractivity contribution in [3.8, 4) is 11.3 Å². The lowest BCUT2D eigenvalue weighted by molar-refractivity contribution is -0.145. The van der Waals surface area contributed by atoms with E-state index in [1.54, 1.807) is 6.07 Å². The van der Waals surface area contributed by atoms with E-state index in [0.717, 1.165) is 11.9 Å². The standard InChI is InChI=1S/C21H18FN3O3/c1-28-21(27)12-9-16-18(17(26)10-12)20(24-13-5-3-2-4-6-13)19(25-16)14-7-8-23-11-15(14)22/h2-8,11-12,24-25H,9-10H2,1H3/t12-/m0/s1. The molecule has 142 valence electrons. The van der Waals surface area contributed by atoms with Crippen LogP contribution >= 0.6 is 0 Å². The Bertz CT molecular complexity index is 1050. The molecule has 1 aliphatic rings. The van der Waals surface area contributed by atoms with E-state index in [1.807, 2.05) is 30.3 Å². The minimum Gasteiger partial charge on any atom is -0.469 e. The molecule has 0 bridgehead atoms. The number of benzene rings is 1. The molecule has 0 saturated heterocycles. The van der Waals surface area contributed by atoms with Crippen molar-refractivity contribution in [2.45, 2.75) is 12.8 Å². The fourth-order valence-corrected chi connectivity index (χ4v) is 3.56. The maximum Gasteiger partial charge on any atom is 0.309 e. The lowest BCUT2D eigenvalue weighted by atomic mass is 9.86. The lowest BCUT2D eigenvalue weighted by Gasteiger charge is -2.20. The summed E-state index contributed by atoms with van der Waals surface area (Å²) in [7, 11) is 1.30. The van der Waals surface area contributed by atoms with E-state index in [0.29, 0.717) is 34.6 Å². The Kier molecular flexibility index (Phi) is 4.65. The highest BCUT2D eigenvalue weighted by molar-refractivity contribution is 6.08. The highest BCUT2D eigenvalue weighted by Gasteiger charge is 2.35. The van der Waals surface area contributed by atoms with E-state index in [-0.39, 0.29) is 12.2 Å². The number of aromatic amines is 1. The van der Waals surface area contributed by atoms with Gasteiger partial charge in [0.25, 0.3) is 0 Å². The molecule has 3 aromatic rings. The van der Waals surface area contributed by atoms with Gasteiger partial charge in [0.2, 0.25) is 0 Å². The third-order valence-corrected chi connectivity index (χ3v) is 4.86. The van der Waals surface area contributed by atoms with Crippen molar-refractivity contribution >= 4 is 23.1 Å². The van der Waals surface area contributed by atoms with Gasteiger partial charge in [-0.05, 0) is 18.2 Å². The molecule has 4 rings (SSSR count). The number of ketones is 1. The quantitative estimate of drug-likeness (QED) is 0.672. The summed E-state index contributed by atoms with van der Waals surface area (Å²) in [5.74, 6) is -1.67. The van der Waals surface area contributed by atoms with Crippen molar-refractivity contribution in [2.75, 3.05) is 12.4 Å². The van der Waals surface area contributed by atoms with Crippen LogP contribution in [0.15, 0.2) is 48.8 Å². The summed E-state index contributed by atoms with van der Waals surface area (Å²) in [6, 6.07) is 10.9. The number of carbonyl (C=O) groups excluding carboxylic acids is 2. The van der Waals surface area contributed by atoms with Gasteiger partial charge >= 0.3 is 5.97 Å². The number of ether oxygens (including phenoxy) is 1. The second kappa shape index (κ2) is 7.26. The van der Waals surface area contributed by atoms with Crippen molar-refractivity contribution in [3.63, 3.8) is 0 Å². The minimum absolute atomic E-state index is 0.0548. The second-order valence-electron chi connectivity index (χ2n) is 6.63. The van der Waals surface area contributed by atoms with Crippen LogP contribution in [-0.2, 0) is 16.0 Å². The number of halogens is 1. The molecule has 1 atom stereocenters.